The summed E-state index contributed by atoms with van der Waals surface area (Å²) >= 11 is 0. The van der Waals surface area contributed by atoms with Gasteiger partial charge in [0.25, 0.3) is 0 Å². The van der Waals surface area contributed by atoms with Gasteiger partial charge in [0.15, 0.2) is 0 Å². The number of aryl methyl sites for hydroxylation is 1. The molecule has 0 spiro atoms. The molecule has 0 nitrogen and oxygen atoms in total. The number of benzene rings is 3. The van der Waals surface area contributed by atoms with Crippen molar-refractivity contribution >= 4 is 0 Å². The maximum absolute atomic E-state index is 2.89. The predicted molar refractivity (Wildman–Crippen MR) is 103 cm³/mol. The van der Waals surface area contributed by atoms with E-state index in [9.17, 15) is 0 Å². The van der Waals surface area contributed by atoms with Gasteiger partial charge in [0.1, 0.15) is 0 Å². The van der Waals surface area contributed by atoms with Gasteiger partial charge in [-0.25, -0.2) is 12.1 Å². The molecule has 0 N–H and O–H groups in total. The molecule has 0 aliphatic heterocycles. The molecule has 0 aromatic heterocycles. The van der Waals surface area contributed by atoms with Crippen LogP contribution in [-0.4, -0.2) is 0 Å². The van der Waals surface area contributed by atoms with Gasteiger partial charge >= 0.3 is 26.2 Å². The first-order valence-corrected chi connectivity index (χ1v) is 7.81. The van der Waals surface area contributed by atoms with E-state index in [1.54, 1.807) is 0 Å². The molecule has 0 aliphatic rings. The van der Waals surface area contributed by atoms with Crippen molar-refractivity contribution in [3.8, 4) is 0 Å². The van der Waals surface area contributed by atoms with Gasteiger partial charge in [0.2, 0.25) is 0 Å². The molecule has 0 unspecified atom stereocenters. The Bertz CT molecular complexity index is 504. The maximum Gasteiger partial charge on any atom is 4.00 e. The van der Waals surface area contributed by atoms with Crippen LogP contribution in [0.3, 0.4) is 0 Å². The van der Waals surface area contributed by atoms with Crippen molar-refractivity contribution in [2.45, 2.75) is 6.92 Å². The molecular weight excluding hydrogens is 379 g/mol. The van der Waals surface area contributed by atoms with E-state index in [1.165, 1.54) is 5.56 Å². The van der Waals surface area contributed by atoms with Crippen LogP contribution in [0, 0.1) is 25.1 Å². The second kappa shape index (κ2) is 18.2. The van der Waals surface area contributed by atoms with Gasteiger partial charge in [-0.05, 0) is 0 Å². The third-order valence-electron chi connectivity index (χ3n) is 2.65. The summed E-state index contributed by atoms with van der Waals surface area (Å²) < 4.78 is 0. The fourth-order valence-electron chi connectivity index (χ4n) is 1.50. The molecule has 0 atom stereocenters. The third kappa shape index (κ3) is 16.5. The summed E-state index contributed by atoms with van der Waals surface area (Å²) in [6, 6.07) is 45.7. The maximum atomic E-state index is 2.89. The Labute approximate surface area is 171 Å². The summed E-state index contributed by atoms with van der Waals surface area (Å²) in [5.74, 6) is 0. The smallest absolute Gasteiger partial charge is 0.213 e. The monoisotopic (exact) mass is 400 g/mol. The summed E-state index contributed by atoms with van der Waals surface area (Å²) in [6.45, 7) is 2.08. The molecule has 4 rings (SSSR count). The summed E-state index contributed by atoms with van der Waals surface area (Å²) in [5, 5.41) is 0. The second-order valence-corrected chi connectivity index (χ2v) is 4.69. The van der Waals surface area contributed by atoms with Gasteiger partial charge in [0.05, 0.1) is 0 Å². The van der Waals surface area contributed by atoms with Gasteiger partial charge in [-0.15, -0.1) is 0 Å². The SMILES string of the molecule is C[c-]1cccc1.[Zr+4].[c-]1ccccc1.[c-]1ccccc1.[c-]1ccccc1. The Morgan fingerprint density at radius 3 is 0.800 bits per heavy atom. The Balaban J connectivity index is 0.000000303. The molecule has 0 amide bonds. The third-order valence-corrected chi connectivity index (χ3v) is 2.65. The normalized spacial score (nSPS) is 7.88. The van der Waals surface area contributed by atoms with Crippen molar-refractivity contribution in [3.05, 3.63) is 139 Å². The number of hydrogen-bond donors (Lipinski definition) is 0. The van der Waals surface area contributed by atoms with Gasteiger partial charge in [-0.2, -0.15) is 127 Å². The Kier molecular flexibility index (Phi) is 16.7. The standard InChI is InChI=1S/C6H7.3C6H5.Zr/c1-6-4-2-3-5-6;3*1-2-4-6-5-3-1;/h2-5H,1H3;3*1-5H;/q4*-1;+4. The Hall–Kier alpha value is -2.11. The molecule has 0 saturated heterocycles. The van der Waals surface area contributed by atoms with Crippen LogP contribution < -0.4 is 0 Å². The van der Waals surface area contributed by atoms with Crippen LogP contribution in [0.4, 0.5) is 0 Å². The van der Waals surface area contributed by atoms with Crippen LogP contribution in [0.5, 0.6) is 0 Å². The first-order chi connectivity index (χ1) is 11.9. The quantitative estimate of drug-likeness (QED) is 0.309. The molecule has 0 radical (unpaired) electrons. The molecule has 4 aromatic carbocycles. The summed E-state index contributed by atoms with van der Waals surface area (Å²) in [5.41, 5.74) is 1.34. The van der Waals surface area contributed by atoms with Crippen LogP contribution >= 0.6 is 0 Å². The van der Waals surface area contributed by atoms with E-state index >= 15 is 0 Å². The fraction of sp³-hybridized carbons (Fsp3) is 0.0417. The number of hydrogen-bond acceptors (Lipinski definition) is 0. The fourth-order valence-corrected chi connectivity index (χ4v) is 1.50. The van der Waals surface area contributed by atoms with E-state index in [1.807, 2.05) is 103 Å². The topological polar surface area (TPSA) is 0 Å². The molecule has 25 heavy (non-hydrogen) atoms. The van der Waals surface area contributed by atoms with E-state index in [0.717, 1.165) is 0 Å². The van der Waals surface area contributed by atoms with Crippen molar-refractivity contribution in [1.82, 2.24) is 0 Å². The van der Waals surface area contributed by atoms with E-state index in [0.29, 0.717) is 0 Å². The van der Waals surface area contributed by atoms with Crippen molar-refractivity contribution in [1.29, 1.82) is 0 Å². The molecule has 0 fully saturated rings. The van der Waals surface area contributed by atoms with Crippen LogP contribution in [0.15, 0.2) is 115 Å². The molecule has 1 heteroatoms. The molecular formula is C24H22Zr. The Morgan fingerprint density at radius 1 is 0.440 bits per heavy atom. The van der Waals surface area contributed by atoms with E-state index in [2.05, 4.69) is 37.3 Å². The van der Waals surface area contributed by atoms with E-state index in [-0.39, 0.29) is 26.2 Å². The predicted octanol–water partition coefficient (Wildman–Crippen LogP) is 6.17. The van der Waals surface area contributed by atoms with E-state index in [4.69, 9.17) is 0 Å². The average Bonchev–Trinajstić information content (AvgIpc) is 3.18. The molecule has 122 valence electrons. The van der Waals surface area contributed by atoms with Gasteiger partial charge in [-0.1, -0.05) is 6.92 Å². The largest absolute Gasteiger partial charge is 4.00 e. The second-order valence-electron chi connectivity index (χ2n) is 4.69. The summed E-state index contributed by atoms with van der Waals surface area (Å²) in [7, 11) is 0. The molecule has 0 bridgehead atoms. The minimum atomic E-state index is 0. The van der Waals surface area contributed by atoms with Crippen LogP contribution in [0.2, 0.25) is 0 Å². The van der Waals surface area contributed by atoms with Crippen molar-refractivity contribution in [3.63, 3.8) is 0 Å². The molecule has 0 heterocycles. The first-order valence-electron chi connectivity index (χ1n) is 7.81. The zero-order chi connectivity index (χ0) is 17.1. The zero-order valence-corrected chi connectivity index (χ0v) is 16.9. The van der Waals surface area contributed by atoms with E-state index < -0.39 is 0 Å². The van der Waals surface area contributed by atoms with Crippen molar-refractivity contribution in [2.24, 2.45) is 0 Å². The minimum Gasteiger partial charge on any atom is -0.213 e. The van der Waals surface area contributed by atoms with Crippen LogP contribution in [-0.2, 0) is 26.2 Å². The molecule has 0 saturated carbocycles. The van der Waals surface area contributed by atoms with Crippen LogP contribution in [0.25, 0.3) is 0 Å². The summed E-state index contributed by atoms with van der Waals surface area (Å²) in [4.78, 5) is 0. The Morgan fingerprint density at radius 2 is 0.720 bits per heavy atom. The molecule has 4 aromatic rings. The zero-order valence-electron chi connectivity index (χ0n) is 14.5. The van der Waals surface area contributed by atoms with Gasteiger partial charge in [-0.3, -0.25) is 0 Å². The van der Waals surface area contributed by atoms with Gasteiger partial charge in [0, 0.05) is 0 Å². The number of rotatable bonds is 0. The summed E-state index contributed by atoms with van der Waals surface area (Å²) in [6.07, 6.45) is 0. The van der Waals surface area contributed by atoms with Crippen LogP contribution in [0.1, 0.15) is 5.56 Å². The first kappa shape index (κ1) is 22.9. The minimum absolute atomic E-state index is 0. The van der Waals surface area contributed by atoms with Crippen molar-refractivity contribution < 1.29 is 26.2 Å². The molecule has 0 aliphatic carbocycles. The average molecular weight is 402 g/mol. The van der Waals surface area contributed by atoms with Gasteiger partial charge < -0.3 is 0 Å². The van der Waals surface area contributed by atoms with Crippen molar-refractivity contribution in [2.75, 3.05) is 0 Å².